The molecular weight excluding hydrogens is 441 g/mol. The fourth-order valence-electron chi connectivity index (χ4n) is 1.99. The van der Waals surface area contributed by atoms with E-state index in [4.69, 9.17) is 0 Å². The molecule has 0 spiro atoms. The average Bonchev–Trinajstić information content (AvgIpc) is 3.03. The predicted octanol–water partition coefficient (Wildman–Crippen LogP) is 3.10. The maximum atomic E-state index is 11.0. The first-order chi connectivity index (χ1) is 11.1. The fraction of sp³-hybridized carbons (Fsp3) is 0.333. The Morgan fingerprint density at radius 3 is 2.67 bits per heavy atom. The van der Waals surface area contributed by atoms with Gasteiger partial charge in [-0.25, -0.2) is 4.98 Å². The van der Waals surface area contributed by atoms with Crippen LogP contribution in [0, 0.1) is 10.1 Å². The minimum atomic E-state index is -0.380. The van der Waals surface area contributed by atoms with Gasteiger partial charge in [0.1, 0.15) is 5.01 Å². The van der Waals surface area contributed by atoms with Gasteiger partial charge in [0, 0.05) is 36.3 Å². The number of halogens is 1. The number of nitro groups is 1. The normalized spacial score (nSPS) is 10.8. The molecular formula is C15H20IN5O2S. The van der Waals surface area contributed by atoms with E-state index >= 15 is 0 Å². The molecule has 0 amide bonds. The maximum Gasteiger partial charge on any atom is 0.274 e. The number of nitro benzene ring substituents is 1. The number of aromatic nitrogens is 1. The SMILES string of the molecule is CCc1cnc(CNC(=NC)NCc2ccccc2[N+](=O)[O-])s1.I. The Bertz CT molecular complexity index is 705. The van der Waals surface area contributed by atoms with Gasteiger partial charge in [-0.3, -0.25) is 15.1 Å². The fourth-order valence-corrected chi connectivity index (χ4v) is 2.79. The number of thiazole rings is 1. The maximum absolute atomic E-state index is 11.0. The first kappa shape index (κ1) is 20.3. The molecule has 0 unspecified atom stereocenters. The number of aliphatic imine (C=N–C) groups is 1. The van der Waals surface area contributed by atoms with Crippen molar-refractivity contribution < 1.29 is 4.92 Å². The van der Waals surface area contributed by atoms with Gasteiger partial charge >= 0.3 is 0 Å². The van der Waals surface area contributed by atoms with Crippen LogP contribution in [-0.2, 0) is 19.5 Å². The van der Waals surface area contributed by atoms with Crippen molar-refractivity contribution in [2.24, 2.45) is 4.99 Å². The summed E-state index contributed by atoms with van der Waals surface area (Å²) in [5, 5.41) is 18.2. The molecule has 0 aliphatic heterocycles. The van der Waals surface area contributed by atoms with Crippen molar-refractivity contribution in [2.45, 2.75) is 26.4 Å². The molecule has 1 aromatic carbocycles. The van der Waals surface area contributed by atoms with E-state index < -0.39 is 0 Å². The Hall–Kier alpha value is -1.75. The van der Waals surface area contributed by atoms with Gasteiger partial charge < -0.3 is 10.6 Å². The standard InChI is InChI=1S/C15H19N5O2S.HI/c1-3-12-9-17-14(23-12)10-19-15(16-2)18-8-11-6-4-5-7-13(11)20(21)22;/h4-7,9H,3,8,10H2,1-2H3,(H2,16,18,19);1H. The Labute approximate surface area is 161 Å². The van der Waals surface area contributed by atoms with Crippen LogP contribution in [0.4, 0.5) is 5.69 Å². The van der Waals surface area contributed by atoms with E-state index in [1.807, 2.05) is 6.20 Å². The van der Waals surface area contributed by atoms with E-state index in [-0.39, 0.29) is 34.6 Å². The summed E-state index contributed by atoms with van der Waals surface area (Å²) in [5.74, 6) is 0.580. The molecule has 24 heavy (non-hydrogen) atoms. The number of rotatable bonds is 6. The lowest BCUT2D eigenvalue weighted by Gasteiger charge is -2.11. The number of guanidine groups is 1. The lowest BCUT2D eigenvalue weighted by molar-refractivity contribution is -0.385. The van der Waals surface area contributed by atoms with E-state index in [1.165, 1.54) is 10.9 Å². The lowest BCUT2D eigenvalue weighted by Crippen LogP contribution is -2.36. The molecule has 130 valence electrons. The summed E-state index contributed by atoms with van der Waals surface area (Å²) in [4.78, 5) is 20.3. The zero-order chi connectivity index (χ0) is 16.7. The molecule has 2 N–H and O–H groups in total. The van der Waals surface area contributed by atoms with Gasteiger partial charge in [-0.2, -0.15) is 0 Å². The number of aryl methyl sites for hydroxylation is 1. The Balaban J connectivity index is 0.00000288. The summed E-state index contributed by atoms with van der Waals surface area (Å²) in [6, 6.07) is 6.66. The quantitative estimate of drug-likeness (QED) is 0.227. The first-order valence-electron chi connectivity index (χ1n) is 7.24. The van der Waals surface area contributed by atoms with Crippen LogP contribution in [0.3, 0.4) is 0 Å². The van der Waals surface area contributed by atoms with E-state index in [1.54, 1.807) is 36.6 Å². The molecule has 0 saturated carbocycles. The Kier molecular flexibility index (Phi) is 8.61. The van der Waals surface area contributed by atoms with Crippen LogP contribution in [0.2, 0.25) is 0 Å². The van der Waals surface area contributed by atoms with Gasteiger partial charge in [-0.15, -0.1) is 35.3 Å². The Morgan fingerprint density at radius 1 is 1.33 bits per heavy atom. The van der Waals surface area contributed by atoms with E-state index in [9.17, 15) is 10.1 Å². The molecule has 0 bridgehead atoms. The van der Waals surface area contributed by atoms with E-state index in [2.05, 4.69) is 27.5 Å². The second-order valence-corrected chi connectivity index (χ2v) is 5.94. The van der Waals surface area contributed by atoms with Crippen molar-refractivity contribution in [3.05, 3.63) is 56.0 Å². The molecule has 0 saturated heterocycles. The second kappa shape index (κ2) is 10.2. The van der Waals surface area contributed by atoms with Crippen molar-refractivity contribution in [1.29, 1.82) is 0 Å². The van der Waals surface area contributed by atoms with Crippen LogP contribution in [0.1, 0.15) is 22.4 Å². The topological polar surface area (TPSA) is 92.5 Å². The molecule has 0 fully saturated rings. The summed E-state index contributed by atoms with van der Waals surface area (Å²) in [7, 11) is 1.66. The van der Waals surface area contributed by atoms with Crippen molar-refractivity contribution in [3.8, 4) is 0 Å². The third-order valence-corrected chi connectivity index (χ3v) is 4.36. The van der Waals surface area contributed by atoms with Gasteiger partial charge in [0.2, 0.25) is 0 Å². The third-order valence-electron chi connectivity index (χ3n) is 3.22. The number of para-hydroxylation sites is 1. The van der Waals surface area contributed by atoms with Crippen LogP contribution >= 0.6 is 35.3 Å². The summed E-state index contributed by atoms with van der Waals surface area (Å²) in [5.41, 5.74) is 0.714. The molecule has 0 atom stereocenters. The van der Waals surface area contributed by atoms with Gasteiger partial charge in [-0.1, -0.05) is 25.1 Å². The minimum absolute atomic E-state index is 0. The summed E-state index contributed by atoms with van der Waals surface area (Å²) >= 11 is 1.66. The second-order valence-electron chi connectivity index (χ2n) is 4.74. The molecule has 2 aromatic rings. The zero-order valence-corrected chi connectivity index (χ0v) is 16.6. The molecule has 1 heterocycles. The van der Waals surface area contributed by atoms with Crippen LogP contribution in [0.15, 0.2) is 35.5 Å². The lowest BCUT2D eigenvalue weighted by atomic mass is 10.2. The number of benzene rings is 1. The molecule has 2 rings (SSSR count). The summed E-state index contributed by atoms with van der Waals surface area (Å²) in [6.07, 6.45) is 2.85. The molecule has 0 aliphatic carbocycles. The predicted molar refractivity (Wildman–Crippen MR) is 107 cm³/mol. The van der Waals surface area contributed by atoms with E-state index in [0.29, 0.717) is 24.6 Å². The minimum Gasteiger partial charge on any atom is -0.352 e. The molecule has 0 aliphatic rings. The van der Waals surface area contributed by atoms with Crippen LogP contribution in [0.5, 0.6) is 0 Å². The van der Waals surface area contributed by atoms with Gasteiger partial charge in [0.05, 0.1) is 11.5 Å². The number of nitrogens with one attached hydrogen (secondary N) is 2. The largest absolute Gasteiger partial charge is 0.352 e. The highest BCUT2D eigenvalue weighted by Crippen LogP contribution is 2.17. The van der Waals surface area contributed by atoms with Gasteiger partial charge in [0.15, 0.2) is 5.96 Å². The van der Waals surface area contributed by atoms with Crippen LogP contribution in [0.25, 0.3) is 0 Å². The number of nitrogens with zero attached hydrogens (tertiary/aromatic N) is 3. The van der Waals surface area contributed by atoms with Crippen LogP contribution in [-0.4, -0.2) is 22.9 Å². The molecule has 0 radical (unpaired) electrons. The zero-order valence-electron chi connectivity index (χ0n) is 13.5. The summed E-state index contributed by atoms with van der Waals surface area (Å²) < 4.78 is 0. The monoisotopic (exact) mass is 461 g/mol. The van der Waals surface area contributed by atoms with Crippen molar-refractivity contribution in [2.75, 3.05) is 7.05 Å². The number of hydrogen-bond donors (Lipinski definition) is 2. The highest BCUT2D eigenvalue weighted by atomic mass is 127. The highest BCUT2D eigenvalue weighted by Gasteiger charge is 2.12. The average molecular weight is 461 g/mol. The van der Waals surface area contributed by atoms with Crippen molar-refractivity contribution in [3.63, 3.8) is 0 Å². The molecule has 9 heteroatoms. The van der Waals surface area contributed by atoms with Gasteiger partial charge in [-0.05, 0) is 6.42 Å². The van der Waals surface area contributed by atoms with Crippen molar-refractivity contribution >= 4 is 47.0 Å². The van der Waals surface area contributed by atoms with E-state index in [0.717, 1.165) is 11.4 Å². The first-order valence-corrected chi connectivity index (χ1v) is 8.06. The summed E-state index contributed by atoms with van der Waals surface area (Å²) in [6.45, 7) is 2.99. The van der Waals surface area contributed by atoms with Gasteiger partial charge in [0.25, 0.3) is 5.69 Å². The third kappa shape index (κ3) is 5.71. The smallest absolute Gasteiger partial charge is 0.274 e. The highest BCUT2D eigenvalue weighted by molar-refractivity contribution is 14.0. The Morgan fingerprint density at radius 2 is 2.04 bits per heavy atom. The van der Waals surface area contributed by atoms with Crippen LogP contribution < -0.4 is 10.6 Å². The molecule has 7 nitrogen and oxygen atoms in total. The number of hydrogen-bond acceptors (Lipinski definition) is 5. The molecule has 1 aromatic heterocycles. The van der Waals surface area contributed by atoms with Crippen molar-refractivity contribution in [1.82, 2.24) is 15.6 Å².